The molecule has 3 aromatic rings. The van der Waals surface area contributed by atoms with E-state index in [2.05, 4.69) is 15.0 Å². The third-order valence-electron chi connectivity index (χ3n) is 3.35. The number of rotatable bonds is 2. The van der Waals surface area contributed by atoms with Crippen LogP contribution in [0.3, 0.4) is 0 Å². The minimum atomic E-state index is -0.443. The molecule has 0 aliphatic carbocycles. The van der Waals surface area contributed by atoms with Gasteiger partial charge in [0.05, 0.1) is 0 Å². The van der Waals surface area contributed by atoms with Gasteiger partial charge in [0.15, 0.2) is 5.65 Å². The van der Waals surface area contributed by atoms with Gasteiger partial charge < -0.3 is 4.98 Å². The molecule has 2 N–H and O–H groups in total. The number of aryl methyl sites for hydroxylation is 2. The van der Waals surface area contributed by atoms with E-state index in [0.717, 1.165) is 11.1 Å². The molecule has 6 heteroatoms. The summed E-state index contributed by atoms with van der Waals surface area (Å²) in [6, 6.07) is 7.75. The van der Waals surface area contributed by atoms with Crippen LogP contribution in [0.5, 0.6) is 0 Å². The number of hydrogen-bond donors (Lipinski definition) is 2. The summed E-state index contributed by atoms with van der Waals surface area (Å²) < 4.78 is 1.44. The molecular formula is C14H14N4O2. The molecule has 0 saturated carbocycles. The van der Waals surface area contributed by atoms with E-state index in [1.54, 1.807) is 0 Å². The Morgan fingerprint density at radius 2 is 1.95 bits per heavy atom. The highest BCUT2D eigenvalue weighted by Crippen LogP contribution is 2.21. The highest BCUT2D eigenvalue weighted by molar-refractivity contribution is 5.76. The highest BCUT2D eigenvalue weighted by atomic mass is 16.2. The minimum Gasteiger partial charge on any atom is -0.332 e. The normalized spacial score (nSPS) is 11.1. The van der Waals surface area contributed by atoms with E-state index in [1.807, 2.05) is 38.1 Å². The van der Waals surface area contributed by atoms with Crippen molar-refractivity contribution in [3.05, 3.63) is 50.7 Å². The molecule has 0 amide bonds. The van der Waals surface area contributed by atoms with Crippen molar-refractivity contribution in [2.45, 2.75) is 20.4 Å². The van der Waals surface area contributed by atoms with Crippen LogP contribution in [0, 0.1) is 6.92 Å². The Labute approximate surface area is 114 Å². The molecule has 2 heterocycles. The molecule has 0 bridgehead atoms. The Morgan fingerprint density at radius 3 is 2.65 bits per heavy atom. The van der Waals surface area contributed by atoms with Gasteiger partial charge in [-0.05, 0) is 19.4 Å². The number of imidazole rings is 1. The summed E-state index contributed by atoms with van der Waals surface area (Å²) in [5, 5.41) is 0. The topological polar surface area (TPSA) is 83.5 Å². The smallest absolute Gasteiger partial charge is 0.330 e. The Balaban J connectivity index is 2.37. The fourth-order valence-corrected chi connectivity index (χ4v) is 2.30. The summed E-state index contributed by atoms with van der Waals surface area (Å²) in [6.07, 6.45) is 0. The molecular weight excluding hydrogens is 256 g/mol. The average molecular weight is 270 g/mol. The van der Waals surface area contributed by atoms with Crippen LogP contribution in [0.2, 0.25) is 0 Å². The molecule has 0 radical (unpaired) electrons. The zero-order valence-electron chi connectivity index (χ0n) is 11.2. The number of benzene rings is 1. The van der Waals surface area contributed by atoms with E-state index < -0.39 is 11.2 Å². The quantitative estimate of drug-likeness (QED) is 0.738. The molecule has 6 nitrogen and oxygen atoms in total. The molecule has 20 heavy (non-hydrogen) atoms. The van der Waals surface area contributed by atoms with Crippen molar-refractivity contribution < 1.29 is 0 Å². The molecule has 0 aliphatic heterocycles. The van der Waals surface area contributed by atoms with Crippen LogP contribution in [-0.2, 0) is 6.54 Å². The maximum Gasteiger partial charge on any atom is 0.330 e. The first-order valence-corrected chi connectivity index (χ1v) is 6.40. The van der Waals surface area contributed by atoms with Gasteiger partial charge in [0.25, 0.3) is 5.56 Å². The van der Waals surface area contributed by atoms with Crippen molar-refractivity contribution in [3.8, 4) is 11.4 Å². The predicted molar refractivity (Wildman–Crippen MR) is 76.8 cm³/mol. The number of fused-ring (bicyclic) bond motifs is 1. The van der Waals surface area contributed by atoms with E-state index in [1.165, 1.54) is 4.57 Å². The Hall–Kier alpha value is -2.63. The molecule has 0 aliphatic rings. The standard InChI is InChI=1S/C14H14N4O2/c1-3-18-12-10(13(19)17-14(18)20)15-11(16-12)9-7-5-4-6-8(9)2/h4-7H,3H2,1-2H3,(H,15,16)(H,17,19,20). The summed E-state index contributed by atoms with van der Waals surface area (Å²) in [4.78, 5) is 33.3. The van der Waals surface area contributed by atoms with Crippen molar-refractivity contribution in [2.75, 3.05) is 0 Å². The summed E-state index contributed by atoms with van der Waals surface area (Å²) in [7, 11) is 0. The van der Waals surface area contributed by atoms with Crippen molar-refractivity contribution in [1.29, 1.82) is 0 Å². The molecule has 0 fully saturated rings. The number of nitrogens with one attached hydrogen (secondary N) is 2. The zero-order valence-corrected chi connectivity index (χ0v) is 11.2. The van der Waals surface area contributed by atoms with E-state index in [0.29, 0.717) is 23.5 Å². The maximum absolute atomic E-state index is 11.9. The lowest BCUT2D eigenvalue weighted by Gasteiger charge is -2.00. The van der Waals surface area contributed by atoms with Crippen molar-refractivity contribution in [3.63, 3.8) is 0 Å². The largest absolute Gasteiger partial charge is 0.332 e. The third kappa shape index (κ3) is 1.77. The molecule has 102 valence electrons. The predicted octanol–water partition coefficient (Wildman–Crippen LogP) is 1.41. The van der Waals surface area contributed by atoms with Crippen molar-refractivity contribution in [2.24, 2.45) is 0 Å². The molecule has 0 atom stereocenters. The average Bonchev–Trinajstić information content (AvgIpc) is 2.85. The Bertz CT molecular complexity index is 901. The van der Waals surface area contributed by atoms with Gasteiger partial charge >= 0.3 is 5.69 Å². The van der Waals surface area contributed by atoms with Crippen LogP contribution in [0.1, 0.15) is 12.5 Å². The van der Waals surface area contributed by atoms with Gasteiger partial charge in [-0.1, -0.05) is 24.3 Å². The van der Waals surface area contributed by atoms with Crippen LogP contribution >= 0.6 is 0 Å². The van der Waals surface area contributed by atoms with Gasteiger partial charge in [0.1, 0.15) is 11.3 Å². The van der Waals surface area contributed by atoms with E-state index >= 15 is 0 Å². The summed E-state index contributed by atoms with van der Waals surface area (Å²) in [6.45, 7) is 4.26. The lowest BCUT2D eigenvalue weighted by Crippen LogP contribution is -2.29. The molecule has 1 aromatic carbocycles. The van der Waals surface area contributed by atoms with E-state index in [9.17, 15) is 9.59 Å². The summed E-state index contributed by atoms with van der Waals surface area (Å²) in [5.74, 6) is 0.594. The molecule has 0 saturated heterocycles. The highest BCUT2D eigenvalue weighted by Gasteiger charge is 2.13. The minimum absolute atomic E-state index is 0.324. The van der Waals surface area contributed by atoms with E-state index in [-0.39, 0.29) is 0 Å². The Kier molecular flexibility index (Phi) is 2.78. The van der Waals surface area contributed by atoms with Gasteiger partial charge in [0, 0.05) is 12.1 Å². The number of hydrogen-bond acceptors (Lipinski definition) is 3. The van der Waals surface area contributed by atoms with Gasteiger partial charge in [0.2, 0.25) is 0 Å². The maximum atomic E-state index is 11.9. The van der Waals surface area contributed by atoms with Crippen LogP contribution in [0.25, 0.3) is 22.6 Å². The van der Waals surface area contributed by atoms with Crippen LogP contribution < -0.4 is 11.2 Å². The van der Waals surface area contributed by atoms with Gasteiger partial charge in [-0.2, -0.15) is 0 Å². The second-order valence-corrected chi connectivity index (χ2v) is 4.60. The first kappa shape index (κ1) is 12.4. The monoisotopic (exact) mass is 270 g/mol. The first-order chi connectivity index (χ1) is 9.61. The van der Waals surface area contributed by atoms with Crippen LogP contribution in [0.4, 0.5) is 0 Å². The number of aromatic amines is 2. The van der Waals surface area contributed by atoms with Gasteiger partial charge in [-0.25, -0.2) is 9.78 Å². The fourth-order valence-electron chi connectivity index (χ4n) is 2.30. The second kappa shape index (κ2) is 4.48. The van der Waals surface area contributed by atoms with Crippen LogP contribution in [0.15, 0.2) is 33.9 Å². The lowest BCUT2D eigenvalue weighted by molar-refractivity contribution is 0.720. The second-order valence-electron chi connectivity index (χ2n) is 4.60. The van der Waals surface area contributed by atoms with E-state index in [4.69, 9.17) is 0 Å². The fraction of sp³-hybridized carbons (Fsp3) is 0.214. The molecule has 0 unspecified atom stereocenters. The molecule has 2 aromatic heterocycles. The number of H-pyrrole nitrogens is 2. The van der Waals surface area contributed by atoms with Gasteiger partial charge in [-0.15, -0.1) is 0 Å². The summed E-state index contributed by atoms with van der Waals surface area (Å²) in [5.41, 5.74) is 1.80. The van der Waals surface area contributed by atoms with Gasteiger partial charge in [-0.3, -0.25) is 14.3 Å². The third-order valence-corrected chi connectivity index (χ3v) is 3.35. The van der Waals surface area contributed by atoms with Crippen molar-refractivity contribution >= 4 is 11.2 Å². The lowest BCUT2D eigenvalue weighted by atomic mass is 10.1. The number of aromatic nitrogens is 4. The van der Waals surface area contributed by atoms with Crippen LogP contribution in [-0.4, -0.2) is 19.5 Å². The SMILES string of the molecule is CCn1c(=O)[nH]c(=O)c2[nH]c(-c3ccccc3C)nc21. The van der Waals surface area contributed by atoms with Crippen molar-refractivity contribution in [1.82, 2.24) is 19.5 Å². The number of nitrogens with zero attached hydrogens (tertiary/aromatic N) is 2. The summed E-state index contributed by atoms with van der Waals surface area (Å²) >= 11 is 0. The molecule has 0 spiro atoms. The molecule has 3 rings (SSSR count). The first-order valence-electron chi connectivity index (χ1n) is 6.40. The zero-order chi connectivity index (χ0) is 14.3. The Morgan fingerprint density at radius 1 is 1.20 bits per heavy atom.